The van der Waals surface area contributed by atoms with Crippen LogP contribution in [0.1, 0.15) is 29.3 Å². The van der Waals surface area contributed by atoms with Crippen LogP contribution in [0.3, 0.4) is 0 Å². The molecule has 0 atom stereocenters. The molecule has 0 N–H and O–H groups in total. The Morgan fingerprint density at radius 1 is 1.24 bits per heavy atom. The first kappa shape index (κ1) is 17.3. The van der Waals surface area contributed by atoms with Crippen LogP contribution in [0.5, 0.6) is 5.75 Å². The maximum Gasteiger partial charge on any atom is 0.338 e. The fraction of sp³-hybridized carbons (Fsp3) is 0.263. The maximum atomic E-state index is 12.2. The van der Waals surface area contributed by atoms with Crippen LogP contribution in [0.2, 0.25) is 5.02 Å². The first-order valence-corrected chi connectivity index (χ1v) is 8.45. The van der Waals surface area contributed by atoms with Gasteiger partial charge in [0.05, 0.1) is 24.4 Å². The Labute approximate surface area is 151 Å². The van der Waals surface area contributed by atoms with Crippen LogP contribution in [0, 0.1) is 0 Å². The molecule has 0 unspecified atom stereocenters. The molecule has 0 saturated carbocycles. The van der Waals surface area contributed by atoms with Gasteiger partial charge in [-0.3, -0.25) is 4.79 Å². The zero-order valence-corrected chi connectivity index (χ0v) is 14.6. The SMILES string of the molecule is CCCOC(=O)c1ccc(CN2C(=O)COc3ccc(Cl)cc32)cc1. The Hall–Kier alpha value is -2.53. The van der Waals surface area contributed by atoms with Gasteiger partial charge in [0.25, 0.3) is 5.91 Å². The van der Waals surface area contributed by atoms with E-state index >= 15 is 0 Å². The third-order valence-corrected chi connectivity index (χ3v) is 4.07. The Balaban J connectivity index is 1.77. The molecule has 0 aromatic heterocycles. The van der Waals surface area contributed by atoms with Crippen LogP contribution in [0.15, 0.2) is 42.5 Å². The van der Waals surface area contributed by atoms with Crippen LogP contribution in [0.25, 0.3) is 0 Å². The highest BCUT2D eigenvalue weighted by molar-refractivity contribution is 6.31. The fourth-order valence-corrected chi connectivity index (χ4v) is 2.72. The number of benzene rings is 2. The number of nitrogens with zero attached hydrogens (tertiary/aromatic N) is 1. The van der Waals surface area contributed by atoms with E-state index in [1.54, 1.807) is 35.2 Å². The number of anilines is 1. The van der Waals surface area contributed by atoms with Crippen LogP contribution in [-0.4, -0.2) is 25.1 Å². The molecule has 0 radical (unpaired) electrons. The Morgan fingerprint density at radius 3 is 2.72 bits per heavy atom. The fourth-order valence-electron chi connectivity index (χ4n) is 2.56. The minimum Gasteiger partial charge on any atom is -0.482 e. The lowest BCUT2D eigenvalue weighted by molar-refractivity contribution is -0.121. The van der Waals surface area contributed by atoms with E-state index in [-0.39, 0.29) is 18.5 Å². The topological polar surface area (TPSA) is 55.8 Å². The highest BCUT2D eigenvalue weighted by Gasteiger charge is 2.25. The highest BCUT2D eigenvalue weighted by Crippen LogP contribution is 2.35. The molecular weight excluding hydrogens is 342 g/mol. The number of esters is 1. The number of rotatable bonds is 5. The average molecular weight is 360 g/mol. The van der Waals surface area contributed by atoms with Gasteiger partial charge in [0.15, 0.2) is 6.61 Å². The molecule has 2 aromatic carbocycles. The van der Waals surface area contributed by atoms with Crippen LogP contribution in [0.4, 0.5) is 5.69 Å². The van der Waals surface area contributed by atoms with Crippen molar-refractivity contribution in [1.29, 1.82) is 0 Å². The lowest BCUT2D eigenvalue weighted by Crippen LogP contribution is -2.38. The number of ether oxygens (including phenoxy) is 2. The van der Waals surface area contributed by atoms with Crippen molar-refractivity contribution in [3.05, 3.63) is 58.6 Å². The molecule has 1 amide bonds. The molecule has 3 rings (SSSR count). The number of amides is 1. The molecule has 0 saturated heterocycles. The van der Waals surface area contributed by atoms with Gasteiger partial charge in [-0.2, -0.15) is 0 Å². The summed E-state index contributed by atoms with van der Waals surface area (Å²) in [4.78, 5) is 25.7. The van der Waals surface area contributed by atoms with Gasteiger partial charge in [-0.15, -0.1) is 0 Å². The number of carbonyl (C=O) groups excluding carboxylic acids is 2. The van der Waals surface area contributed by atoms with Gasteiger partial charge in [-0.1, -0.05) is 30.7 Å². The maximum absolute atomic E-state index is 12.2. The standard InChI is InChI=1S/C19H18ClNO4/c1-2-9-24-19(23)14-5-3-13(4-6-14)11-21-16-10-15(20)7-8-17(16)25-12-18(21)22/h3-8,10H,2,9,11-12H2,1H3. The van der Waals surface area contributed by atoms with E-state index in [0.717, 1.165) is 12.0 Å². The summed E-state index contributed by atoms with van der Waals surface area (Å²) in [5.74, 6) is 0.151. The van der Waals surface area contributed by atoms with Crippen molar-refractivity contribution >= 4 is 29.2 Å². The summed E-state index contributed by atoms with van der Waals surface area (Å²) < 4.78 is 10.5. The summed E-state index contributed by atoms with van der Waals surface area (Å²) in [5, 5.41) is 0.538. The summed E-state index contributed by atoms with van der Waals surface area (Å²) >= 11 is 6.05. The second-order valence-corrected chi connectivity index (χ2v) is 6.15. The number of hydrogen-bond acceptors (Lipinski definition) is 4. The molecule has 25 heavy (non-hydrogen) atoms. The van der Waals surface area contributed by atoms with E-state index in [1.807, 2.05) is 19.1 Å². The number of carbonyl (C=O) groups is 2. The van der Waals surface area contributed by atoms with Crippen LogP contribution < -0.4 is 9.64 Å². The van der Waals surface area contributed by atoms with Gasteiger partial charge in [-0.05, 0) is 42.3 Å². The van der Waals surface area contributed by atoms with Crippen molar-refractivity contribution in [1.82, 2.24) is 0 Å². The second kappa shape index (κ2) is 7.57. The largest absolute Gasteiger partial charge is 0.482 e. The number of hydrogen-bond donors (Lipinski definition) is 0. The number of halogens is 1. The first-order valence-electron chi connectivity index (χ1n) is 8.07. The Bertz CT molecular complexity index is 789. The molecule has 1 heterocycles. The minimum atomic E-state index is -0.340. The molecule has 130 valence electrons. The van der Waals surface area contributed by atoms with Crippen molar-refractivity contribution in [2.24, 2.45) is 0 Å². The third-order valence-electron chi connectivity index (χ3n) is 3.83. The lowest BCUT2D eigenvalue weighted by atomic mass is 10.1. The average Bonchev–Trinajstić information content (AvgIpc) is 2.62. The normalized spacial score (nSPS) is 13.2. The monoisotopic (exact) mass is 359 g/mol. The zero-order valence-electron chi connectivity index (χ0n) is 13.8. The van der Waals surface area contributed by atoms with E-state index in [2.05, 4.69) is 0 Å². The molecule has 0 bridgehead atoms. The predicted octanol–water partition coefficient (Wildman–Crippen LogP) is 3.83. The molecule has 1 aliphatic heterocycles. The minimum absolute atomic E-state index is 0.00391. The van der Waals surface area contributed by atoms with Crippen LogP contribution in [-0.2, 0) is 16.1 Å². The Morgan fingerprint density at radius 2 is 2.00 bits per heavy atom. The molecule has 2 aromatic rings. The first-order chi connectivity index (χ1) is 12.1. The summed E-state index contributed by atoms with van der Waals surface area (Å²) in [6, 6.07) is 12.2. The molecular formula is C19H18ClNO4. The number of fused-ring (bicyclic) bond motifs is 1. The van der Waals surface area contributed by atoms with Gasteiger partial charge >= 0.3 is 5.97 Å². The quantitative estimate of drug-likeness (QED) is 0.761. The smallest absolute Gasteiger partial charge is 0.338 e. The highest BCUT2D eigenvalue weighted by atomic mass is 35.5. The van der Waals surface area contributed by atoms with Crippen molar-refractivity contribution in [2.75, 3.05) is 18.1 Å². The molecule has 6 heteroatoms. The summed E-state index contributed by atoms with van der Waals surface area (Å²) in [6.45, 7) is 2.72. The van der Waals surface area contributed by atoms with E-state index in [0.29, 0.717) is 35.2 Å². The lowest BCUT2D eigenvalue weighted by Gasteiger charge is -2.29. The van der Waals surface area contributed by atoms with Crippen LogP contribution >= 0.6 is 11.6 Å². The summed E-state index contributed by atoms with van der Waals surface area (Å²) in [7, 11) is 0. The molecule has 1 aliphatic rings. The van der Waals surface area contributed by atoms with Crippen molar-refractivity contribution in [3.63, 3.8) is 0 Å². The van der Waals surface area contributed by atoms with E-state index in [1.165, 1.54) is 0 Å². The van der Waals surface area contributed by atoms with E-state index < -0.39 is 0 Å². The van der Waals surface area contributed by atoms with Crippen molar-refractivity contribution < 1.29 is 19.1 Å². The Kier molecular flexibility index (Phi) is 5.24. The zero-order chi connectivity index (χ0) is 17.8. The van der Waals surface area contributed by atoms with Crippen molar-refractivity contribution in [2.45, 2.75) is 19.9 Å². The second-order valence-electron chi connectivity index (χ2n) is 5.71. The summed E-state index contributed by atoms with van der Waals surface area (Å²) in [6.07, 6.45) is 0.783. The van der Waals surface area contributed by atoms with Gasteiger partial charge in [0, 0.05) is 5.02 Å². The van der Waals surface area contributed by atoms with E-state index in [4.69, 9.17) is 21.1 Å². The molecule has 5 nitrogen and oxygen atoms in total. The van der Waals surface area contributed by atoms with Gasteiger partial charge in [0.1, 0.15) is 5.75 Å². The molecule has 0 spiro atoms. The third kappa shape index (κ3) is 3.94. The van der Waals surface area contributed by atoms with Gasteiger partial charge < -0.3 is 14.4 Å². The van der Waals surface area contributed by atoms with Gasteiger partial charge in [-0.25, -0.2) is 4.79 Å². The van der Waals surface area contributed by atoms with Gasteiger partial charge in [0.2, 0.25) is 0 Å². The van der Waals surface area contributed by atoms with Crippen molar-refractivity contribution in [3.8, 4) is 5.75 Å². The molecule has 0 fully saturated rings. The summed E-state index contributed by atoms with van der Waals surface area (Å²) in [5.41, 5.74) is 2.04. The molecule has 0 aliphatic carbocycles. The van der Waals surface area contributed by atoms with E-state index in [9.17, 15) is 9.59 Å². The predicted molar refractivity (Wildman–Crippen MR) is 95.2 cm³/mol.